The zero-order valence-corrected chi connectivity index (χ0v) is 8.99. The van der Waals surface area contributed by atoms with Gasteiger partial charge in [0.15, 0.2) is 0 Å². The molecule has 0 spiro atoms. The molecule has 0 unspecified atom stereocenters. The van der Waals surface area contributed by atoms with Crippen molar-refractivity contribution in [2.75, 3.05) is 0 Å². The van der Waals surface area contributed by atoms with Gasteiger partial charge < -0.3 is 4.40 Å². The molecule has 14 heavy (non-hydrogen) atoms. The van der Waals surface area contributed by atoms with Gasteiger partial charge in [-0.15, -0.1) is 0 Å². The Bertz CT molecular complexity index is 435. The smallest absolute Gasteiger partial charge is 0.0992 e. The maximum atomic E-state index is 4.10. The third-order valence-corrected chi connectivity index (χ3v) is 2.20. The van der Waals surface area contributed by atoms with Crippen molar-refractivity contribution in [1.29, 1.82) is 0 Å². The Kier molecular flexibility index (Phi) is 2.06. The van der Waals surface area contributed by atoms with E-state index >= 15 is 0 Å². The Morgan fingerprint density at radius 1 is 1.29 bits per heavy atom. The largest absolute Gasteiger partial charge is 0.306 e. The van der Waals surface area contributed by atoms with Gasteiger partial charge in [-0.1, -0.05) is 26.8 Å². The molecule has 0 N–H and O–H groups in total. The molecule has 74 valence electrons. The van der Waals surface area contributed by atoms with E-state index in [-0.39, 0.29) is 0 Å². The summed E-state index contributed by atoms with van der Waals surface area (Å²) in [6.45, 7) is 6.77. The van der Waals surface area contributed by atoms with Crippen LogP contribution in [0.2, 0.25) is 0 Å². The first-order chi connectivity index (χ1) is 6.54. The summed E-state index contributed by atoms with van der Waals surface area (Å²) in [5.74, 6) is 0. The fourth-order valence-electron chi connectivity index (χ4n) is 1.68. The Labute approximate surface area is 84.6 Å². The highest BCUT2D eigenvalue weighted by Crippen LogP contribution is 2.20. The molecule has 2 aromatic heterocycles. The average molecular weight is 188 g/mol. The highest BCUT2D eigenvalue weighted by atomic mass is 15.0. The van der Waals surface area contributed by atoms with Gasteiger partial charge in [0.2, 0.25) is 0 Å². The van der Waals surface area contributed by atoms with Gasteiger partial charge >= 0.3 is 0 Å². The molecule has 2 nitrogen and oxygen atoms in total. The molecule has 2 rings (SSSR count). The maximum absolute atomic E-state index is 4.10. The summed E-state index contributed by atoms with van der Waals surface area (Å²) in [6.07, 6.45) is 6.98. The van der Waals surface area contributed by atoms with Crippen molar-refractivity contribution in [3.63, 3.8) is 0 Å². The summed E-state index contributed by atoms with van der Waals surface area (Å²) in [4.78, 5) is 4.10. The van der Waals surface area contributed by atoms with E-state index < -0.39 is 0 Å². The van der Waals surface area contributed by atoms with Crippen LogP contribution in [0.1, 0.15) is 26.3 Å². The highest BCUT2D eigenvalue weighted by molar-refractivity contribution is 5.45. The maximum Gasteiger partial charge on any atom is 0.0992 e. The van der Waals surface area contributed by atoms with E-state index in [4.69, 9.17) is 0 Å². The van der Waals surface area contributed by atoms with Crippen LogP contribution in [0.3, 0.4) is 0 Å². The van der Waals surface area contributed by atoms with Crippen LogP contribution < -0.4 is 0 Å². The summed E-state index contributed by atoms with van der Waals surface area (Å²) in [6, 6.07) is 4.30. The molecule has 2 aromatic rings. The lowest BCUT2D eigenvalue weighted by molar-refractivity contribution is 0.410. The van der Waals surface area contributed by atoms with Crippen LogP contribution in [0.4, 0.5) is 0 Å². The second-order valence-corrected chi connectivity index (χ2v) is 5.00. The fraction of sp³-hybridized carbons (Fsp3) is 0.417. The summed E-state index contributed by atoms with van der Waals surface area (Å²) in [5, 5.41) is 0. The third kappa shape index (κ3) is 1.95. The van der Waals surface area contributed by atoms with E-state index in [1.807, 2.05) is 12.5 Å². The lowest BCUT2D eigenvalue weighted by atomic mass is 9.89. The van der Waals surface area contributed by atoms with E-state index in [0.29, 0.717) is 5.41 Å². The molecule has 0 aliphatic rings. The average Bonchev–Trinajstić information content (AvgIpc) is 2.47. The monoisotopic (exact) mass is 188 g/mol. The topological polar surface area (TPSA) is 17.3 Å². The molecule has 0 radical (unpaired) electrons. The number of hydrogen-bond acceptors (Lipinski definition) is 1. The molecule has 0 bridgehead atoms. The van der Waals surface area contributed by atoms with E-state index in [1.165, 1.54) is 5.56 Å². The molecular formula is C12H16N2. The van der Waals surface area contributed by atoms with Crippen molar-refractivity contribution >= 4 is 5.52 Å². The minimum atomic E-state index is 0.342. The first-order valence-electron chi connectivity index (χ1n) is 4.95. The van der Waals surface area contributed by atoms with Crippen molar-refractivity contribution in [1.82, 2.24) is 9.38 Å². The quantitative estimate of drug-likeness (QED) is 0.672. The first-order valence-corrected chi connectivity index (χ1v) is 4.95. The van der Waals surface area contributed by atoms with Gasteiger partial charge in [-0.05, 0) is 23.5 Å². The molecule has 0 aromatic carbocycles. The predicted molar refractivity (Wildman–Crippen MR) is 58.4 cm³/mol. The second kappa shape index (κ2) is 3.12. The van der Waals surface area contributed by atoms with Gasteiger partial charge in [-0.3, -0.25) is 0 Å². The number of fused-ring (bicyclic) bond motifs is 1. The van der Waals surface area contributed by atoms with Crippen LogP contribution in [0, 0.1) is 5.41 Å². The molecule has 0 amide bonds. The van der Waals surface area contributed by atoms with Crippen LogP contribution in [0.25, 0.3) is 5.52 Å². The lowest BCUT2D eigenvalue weighted by Crippen LogP contribution is -2.09. The molecule has 0 aliphatic carbocycles. The van der Waals surface area contributed by atoms with Crippen molar-refractivity contribution < 1.29 is 0 Å². The van der Waals surface area contributed by atoms with Crippen LogP contribution in [0.5, 0.6) is 0 Å². The Balaban J connectivity index is 2.35. The number of imidazole rings is 1. The Morgan fingerprint density at radius 2 is 2.07 bits per heavy atom. The van der Waals surface area contributed by atoms with Crippen LogP contribution in [0.15, 0.2) is 30.9 Å². The number of rotatable bonds is 1. The van der Waals surface area contributed by atoms with Gasteiger partial charge in [0.1, 0.15) is 0 Å². The molecule has 0 aliphatic heterocycles. The number of pyridine rings is 1. The number of nitrogens with zero attached hydrogens (tertiary/aromatic N) is 2. The normalized spacial score (nSPS) is 12.2. The minimum absolute atomic E-state index is 0.342. The first kappa shape index (κ1) is 9.25. The van der Waals surface area contributed by atoms with E-state index in [0.717, 1.165) is 11.9 Å². The van der Waals surface area contributed by atoms with Gasteiger partial charge in [-0.2, -0.15) is 0 Å². The summed E-state index contributed by atoms with van der Waals surface area (Å²) in [7, 11) is 0. The number of hydrogen-bond donors (Lipinski definition) is 0. The van der Waals surface area contributed by atoms with Crippen LogP contribution >= 0.6 is 0 Å². The lowest BCUT2D eigenvalue weighted by Gasteiger charge is -2.17. The summed E-state index contributed by atoms with van der Waals surface area (Å²) in [5.41, 5.74) is 2.86. The summed E-state index contributed by atoms with van der Waals surface area (Å²) >= 11 is 0. The van der Waals surface area contributed by atoms with Crippen molar-refractivity contribution in [2.45, 2.75) is 27.2 Å². The van der Waals surface area contributed by atoms with E-state index in [1.54, 1.807) is 0 Å². The molecule has 0 saturated carbocycles. The predicted octanol–water partition coefficient (Wildman–Crippen LogP) is 2.92. The molecular weight excluding hydrogens is 172 g/mol. The molecule has 0 atom stereocenters. The van der Waals surface area contributed by atoms with Crippen molar-refractivity contribution in [2.24, 2.45) is 5.41 Å². The molecule has 2 heteroatoms. The SMILES string of the molecule is CC(C)(C)Cc1ccc2cncn2c1. The third-order valence-electron chi connectivity index (χ3n) is 2.20. The standard InChI is InChI=1S/C12H16N2/c1-12(2,3)6-10-4-5-11-7-13-9-14(11)8-10/h4-5,7-9H,6H2,1-3H3. The minimum Gasteiger partial charge on any atom is -0.306 e. The number of aromatic nitrogens is 2. The van der Waals surface area contributed by atoms with E-state index in [2.05, 4.69) is 48.5 Å². The zero-order chi connectivity index (χ0) is 10.2. The molecule has 0 fully saturated rings. The van der Waals surface area contributed by atoms with Gasteiger partial charge in [0.25, 0.3) is 0 Å². The zero-order valence-electron chi connectivity index (χ0n) is 8.99. The second-order valence-electron chi connectivity index (χ2n) is 5.00. The molecule has 2 heterocycles. The van der Waals surface area contributed by atoms with Crippen LogP contribution in [-0.2, 0) is 6.42 Å². The Hall–Kier alpha value is -1.31. The Morgan fingerprint density at radius 3 is 2.79 bits per heavy atom. The van der Waals surface area contributed by atoms with Gasteiger partial charge in [0, 0.05) is 6.20 Å². The van der Waals surface area contributed by atoms with Crippen molar-refractivity contribution in [3.8, 4) is 0 Å². The summed E-state index contributed by atoms with van der Waals surface area (Å²) < 4.78 is 2.07. The van der Waals surface area contributed by atoms with Gasteiger partial charge in [-0.25, -0.2) is 4.98 Å². The van der Waals surface area contributed by atoms with Crippen molar-refractivity contribution in [3.05, 3.63) is 36.4 Å². The van der Waals surface area contributed by atoms with Crippen LogP contribution in [-0.4, -0.2) is 9.38 Å². The van der Waals surface area contributed by atoms with Gasteiger partial charge in [0.05, 0.1) is 18.0 Å². The molecule has 0 saturated heterocycles. The highest BCUT2D eigenvalue weighted by Gasteiger charge is 2.11. The van der Waals surface area contributed by atoms with E-state index in [9.17, 15) is 0 Å². The fourth-order valence-corrected chi connectivity index (χ4v) is 1.68.